The van der Waals surface area contributed by atoms with Gasteiger partial charge in [0.25, 0.3) is 15.9 Å². The molecular weight excluding hydrogens is 494 g/mol. The number of ketones is 1. The molecule has 0 unspecified atom stereocenters. The number of anilines is 2. The number of carbonyl (C=O) groups is 3. The van der Waals surface area contributed by atoms with E-state index in [9.17, 15) is 22.8 Å². The summed E-state index contributed by atoms with van der Waals surface area (Å²) in [6.07, 6.45) is 1.95. The maximum Gasteiger partial charge on any atom is 0.306 e. The Balaban J connectivity index is 1.72. The van der Waals surface area contributed by atoms with E-state index in [2.05, 4.69) is 15.0 Å². The van der Waals surface area contributed by atoms with Crippen LogP contribution in [0.2, 0.25) is 0 Å². The molecule has 0 atom stereocenters. The number of ether oxygens (including phenoxy) is 1. The van der Waals surface area contributed by atoms with Crippen LogP contribution in [0.5, 0.6) is 0 Å². The van der Waals surface area contributed by atoms with Crippen LogP contribution in [-0.2, 0) is 30.8 Å². The molecule has 4 rings (SSSR count). The number of aromatic amines is 1. The summed E-state index contributed by atoms with van der Waals surface area (Å²) in [6, 6.07) is 12.7. The van der Waals surface area contributed by atoms with Gasteiger partial charge in [0.15, 0.2) is 5.78 Å². The zero-order valence-corrected chi connectivity index (χ0v) is 21.5. The highest BCUT2D eigenvalue weighted by molar-refractivity contribution is 7.92. The number of hydrogen-bond donors (Lipinski definition) is 3. The normalized spacial score (nSPS) is 13.8. The third-order valence-electron chi connectivity index (χ3n) is 5.96. The Morgan fingerprint density at radius 1 is 1.11 bits per heavy atom. The molecule has 0 bridgehead atoms. The maximum absolute atomic E-state index is 12.9. The standard InChI is InChI=1S/C27H27N3O6S/c1-4-36-25(32)13-11-20-24(28-16(2)26(20)17(3)31)15-22-21-14-18(10-12-23(21)29-27(22)33)30-37(34,35)19-8-6-5-7-9-19/h5-10,12,14-15,28,30H,4,11,13H2,1-3H3,(H,29,33). The van der Waals surface area contributed by atoms with Gasteiger partial charge in [-0.05, 0) is 69.2 Å². The highest BCUT2D eigenvalue weighted by atomic mass is 32.2. The molecule has 0 spiro atoms. The van der Waals surface area contributed by atoms with Gasteiger partial charge in [-0.1, -0.05) is 18.2 Å². The Kier molecular flexibility index (Phi) is 7.30. The van der Waals surface area contributed by atoms with Gasteiger partial charge in [-0.3, -0.25) is 19.1 Å². The molecule has 192 valence electrons. The van der Waals surface area contributed by atoms with Gasteiger partial charge in [0.05, 0.1) is 17.1 Å². The number of hydrogen-bond acceptors (Lipinski definition) is 6. The number of aromatic nitrogens is 1. The van der Waals surface area contributed by atoms with Crippen molar-refractivity contribution in [3.63, 3.8) is 0 Å². The van der Waals surface area contributed by atoms with Gasteiger partial charge < -0.3 is 15.0 Å². The second kappa shape index (κ2) is 10.4. The number of fused-ring (bicyclic) bond motifs is 1. The van der Waals surface area contributed by atoms with Crippen molar-refractivity contribution in [3.8, 4) is 0 Å². The molecule has 0 saturated carbocycles. The van der Waals surface area contributed by atoms with Gasteiger partial charge in [0.2, 0.25) is 0 Å². The summed E-state index contributed by atoms with van der Waals surface area (Å²) < 4.78 is 33.1. The molecule has 1 amide bonds. The van der Waals surface area contributed by atoms with Crippen LogP contribution in [0.25, 0.3) is 11.6 Å². The molecule has 37 heavy (non-hydrogen) atoms. The van der Waals surface area contributed by atoms with Crippen molar-refractivity contribution in [2.24, 2.45) is 0 Å². The van der Waals surface area contributed by atoms with Crippen molar-refractivity contribution in [2.75, 3.05) is 16.6 Å². The topological polar surface area (TPSA) is 134 Å². The van der Waals surface area contributed by atoms with E-state index < -0.39 is 10.0 Å². The number of benzene rings is 2. The maximum atomic E-state index is 12.9. The second-order valence-corrected chi connectivity index (χ2v) is 10.3. The number of nitrogens with one attached hydrogen (secondary N) is 3. The summed E-state index contributed by atoms with van der Waals surface area (Å²) in [5.74, 6) is -0.911. The minimum atomic E-state index is -3.82. The van der Waals surface area contributed by atoms with Crippen LogP contribution in [0.15, 0.2) is 53.4 Å². The molecule has 0 saturated heterocycles. The van der Waals surface area contributed by atoms with Crippen molar-refractivity contribution in [1.29, 1.82) is 0 Å². The van der Waals surface area contributed by atoms with Crippen LogP contribution in [0.1, 0.15) is 53.1 Å². The van der Waals surface area contributed by atoms with E-state index >= 15 is 0 Å². The number of aryl methyl sites for hydroxylation is 1. The van der Waals surface area contributed by atoms with Crippen molar-refractivity contribution < 1.29 is 27.5 Å². The van der Waals surface area contributed by atoms with Crippen LogP contribution in [-0.4, -0.2) is 37.7 Å². The number of esters is 1. The van der Waals surface area contributed by atoms with Gasteiger partial charge in [-0.25, -0.2) is 8.42 Å². The SMILES string of the molecule is CCOC(=O)CCc1c(C=C2C(=O)Nc3ccc(NS(=O)(=O)c4ccccc4)cc32)[nH]c(C)c1C(C)=O. The van der Waals surface area contributed by atoms with Gasteiger partial charge in [0.1, 0.15) is 0 Å². The first kappa shape index (κ1) is 25.9. The molecule has 10 heteroatoms. The van der Waals surface area contributed by atoms with Crippen LogP contribution < -0.4 is 10.0 Å². The number of H-pyrrole nitrogens is 1. The molecule has 3 N–H and O–H groups in total. The molecule has 1 aromatic heterocycles. The molecule has 0 fully saturated rings. The lowest BCUT2D eigenvalue weighted by atomic mass is 9.98. The first-order valence-corrected chi connectivity index (χ1v) is 13.2. The molecule has 1 aliphatic heterocycles. The highest BCUT2D eigenvalue weighted by Crippen LogP contribution is 2.36. The Morgan fingerprint density at radius 3 is 2.51 bits per heavy atom. The lowest BCUT2D eigenvalue weighted by Gasteiger charge is -2.09. The van der Waals surface area contributed by atoms with Crippen LogP contribution >= 0.6 is 0 Å². The van der Waals surface area contributed by atoms with E-state index in [1.807, 2.05) is 0 Å². The third kappa shape index (κ3) is 5.49. The van der Waals surface area contributed by atoms with Crippen molar-refractivity contribution in [1.82, 2.24) is 4.98 Å². The van der Waals surface area contributed by atoms with Crippen LogP contribution in [0, 0.1) is 6.92 Å². The number of carbonyl (C=O) groups excluding carboxylic acids is 3. The summed E-state index contributed by atoms with van der Waals surface area (Å²) in [5.41, 5.74) is 3.87. The monoisotopic (exact) mass is 521 g/mol. The molecular formula is C27H27N3O6S. The Hall–Kier alpha value is -4.18. The molecule has 0 radical (unpaired) electrons. The average molecular weight is 522 g/mol. The Bertz CT molecular complexity index is 1520. The zero-order chi connectivity index (χ0) is 26.7. The van der Waals surface area contributed by atoms with E-state index in [0.29, 0.717) is 45.0 Å². The molecule has 2 heterocycles. The highest BCUT2D eigenvalue weighted by Gasteiger charge is 2.27. The summed E-state index contributed by atoms with van der Waals surface area (Å²) in [4.78, 5) is 40.5. The lowest BCUT2D eigenvalue weighted by molar-refractivity contribution is -0.143. The fourth-order valence-electron chi connectivity index (χ4n) is 4.37. The zero-order valence-electron chi connectivity index (χ0n) is 20.7. The van der Waals surface area contributed by atoms with Gasteiger partial charge in [-0.2, -0.15) is 0 Å². The minimum absolute atomic E-state index is 0.0792. The summed E-state index contributed by atoms with van der Waals surface area (Å²) in [5, 5.41) is 2.78. The molecule has 3 aromatic rings. The molecule has 0 aliphatic carbocycles. The van der Waals surface area contributed by atoms with Gasteiger partial charge >= 0.3 is 5.97 Å². The van der Waals surface area contributed by atoms with E-state index in [1.54, 1.807) is 56.3 Å². The van der Waals surface area contributed by atoms with Gasteiger partial charge in [-0.15, -0.1) is 0 Å². The lowest BCUT2D eigenvalue weighted by Crippen LogP contribution is -2.12. The fraction of sp³-hybridized carbons (Fsp3) is 0.222. The molecule has 9 nitrogen and oxygen atoms in total. The van der Waals surface area contributed by atoms with E-state index in [4.69, 9.17) is 4.74 Å². The first-order chi connectivity index (χ1) is 17.6. The van der Waals surface area contributed by atoms with Crippen LogP contribution in [0.4, 0.5) is 11.4 Å². The predicted octanol–water partition coefficient (Wildman–Crippen LogP) is 4.31. The van der Waals surface area contributed by atoms with Crippen molar-refractivity contribution in [2.45, 2.75) is 38.5 Å². The van der Waals surface area contributed by atoms with Gasteiger partial charge in [0, 0.05) is 40.3 Å². The van der Waals surface area contributed by atoms with Crippen molar-refractivity contribution >= 4 is 50.7 Å². The average Bonchev–Trinajstić information content (AvgIpc) is 3.33. The molecule has 2 aromatic carbocycles. The Labute approximate surface area is 215 Å². The van der Waals surface area contributed by atoms with Crippen LogP contribution in [0.3, 0.4) is 0 Å². The summed E-state index contributed by atoms with van der Waals surface area (Å²) in [7, 11) is -3.82. The quantitative estimate of drug-likeness (QED) is 0.218. The summed E-state index contributed by atoms with van der Waals surface area (Å²) >= 11 is 0. The van der Waals surface area contributed by atoms with E-state index in [1.165, 1.54) is 19.1 Å². The number of rotatable bonds is 9. The first-order valence-electron chi connectivity index (χ1n) is 11.7. The second-order valence-electron chi connectivity index (χ2n) is 8.57. The summed E-state index contributed by atoms with van der Waals surface area (Å²) in [6.45, 7) is 5.18. The largest absolute Gasteiger partial charge is 0.466 e. The van der Waals surface area contributed by atoms with E-state index in [0.717, 1.165) is 0 Å². The minimum Gasteiger partial charge on any atom is -0.466 e. The number of sulfonamides is 1. The number of amides is 1. The third-order valence-corrected chi connectivity index (χ3v) is 7.35. The molecule has 1 aliphatic rings. The predicted molar refractivity (Wildman–Crippen MR) is 141 cm³/mol. The van der Waals surface area contributed by atoms with E-state index in [-0.39, 0.29) is 42.0 Å². The Morgan fingerprint density at radius 2 is 1.84 bits per heavy atom. The number of Topliss-reactive ketones (excluding diaryl/α,β-unsaturated/α-hetero) is 1. The smallest absolute Gasteiger partial charge is 0.306 e. The fourth-order valence-corrected chi connectivity index (χ4v) is 5.44. The van der Waals surface area contributed by atoms with Crippen molar-refractivity contribution in [3.05, 3.63) is 76.6 Å².